The van der Waals surface area contributed by atoms with Gasteiger partial charge in [0.2, 0.25) is 0 Å². The van der Waals surface area contributed by atoms with E-state index < -0.39 is 32.0 Å². The first kappa shape index (κ1) is 18.1. The zero-order valence-corrected chi connectivity index (χ0v) is 15.6. The van der Waals surface area contributed by atoms with Crippen LogP contribution in [0.1, 0.15) is 27.2 Å². The van der Waals surface area contributed by atoms with Crippen LogP contribution in [0.4, 0.5) is 5.82 Å². The molecule has 3 N–H and O–H groups in total. The smallest absolute Gasteiger partial charge is 0.351 e. The zero-order chi connectivity index (χ0) is 17.4. The summed E-state index contributed by atoms with van der Waals surface area (Å²) in [5, 5.41) is 9.62. The summed E-state index contributed by atoms with van der Waals surface area (Å²) in [5.41, 5.74) is 4.81. The second-order valence-electron chi connectivity index (χ2n) is 7.36. The van der Waals surface area contributed by atoms with Crippen LogP contribution in [-0.2, 0) is 14.8 Å². The highest BCUT2D eigenvalue weighted by molar-refractivity contribution is 6.58. The Balaban J connectivity index is 2.31. The molecule has 1 fully saturated rings. The molecule has 1 saturated heterocycles. The minimum absolute atomic E-state index is 0.179. The molecule has 0 saturated carbocycles. The first-order valence-electron chi connectivity index (χ1n) is 7.91. The summed E-state index contributed by atoms with van der Waals surface area (Å²) in [4.78, 5) is 16.1. The summed E-state index contributed by atoms with van der Waals surface area (Å²) in [6, 6.07) is 1.58. The highest BCUT2D eigenvalue weighted by Crippen LogP contribution is 2.37. The second kappa shape index (κ2) is 6.35. The quantitative estimate of drug-likeness (QED) is 0.772. The minimum Gasteiger partial charge on any atom is -0.390 e. The first-order chi connectivity index (χ1) is 10.5. The van der Waals surface area contributed by atoms with Crippen molar-refractivity contribution in [1.82, 2.24) is 9.55 Å². The number of nitrogens with zero attached hydrogens (tertiary/aromatic N) is 2. The van der Waals surface area contributed by atoms with Gasteiger partial charge in [-0.15, -0.1) is 0 Å². The van der Waals surface area contributed by atoms with Gasteiger partial charge in [-0.2, -0.15) is 4.98 Å². The molecule has 0 spiro atoms. The largest absolute Gasteiger partial charge is 0.390 e. The third kappa shape index (κ3) is 3.82. The number of nitrogens with two attached hydrogens (primary N) is 1. The van der Waals surface area contributed by atoms with Crippen LogP contribution in [0.15, 0.2) is 17.1 Å². The number of aliphatic hydroxyl groups excluding tert-OH is 1. The first-order valence-corrected chi connectivity index (χ1v) is 10.8. The van der Waals surface area contributed by atoms with E-state index in [1.54, 1.807) is 12.3 Å². The lowest BCUT2D eigenvalue weighted by atomic mass is 10.1. The number of aromatic nitrogens is 2. The predicted octanol–water partition coefficient (Wildman–Crippen LogP) is 0.469. The summed E-state index contributed by atoms with van der Waals surface area (Å²) < 4.78 is 13.4. The van der Waals surface area contributed by atoms with E-state index in [1.165, 1.54) is 4.57 Å². The van der Waals surface area contributed by atoms with Crippen LogP contribution in [0, 0.1) is 0 Å². The van der Waals surface area contributed by atoms with Crippen molar-refractivity contribution in [3.63, 3.8) is 0 Å². The molecule has 1 aromatic heterocycles. The van der Waals surface area contributed by atoms with Gasteiger partial charge in [-0.05, 0) is 26.8 Å². The van der Waals surface area contributed by atoms with Gasteiger partial charge in [0.1, 0.15) is 17.3 Å². The van der Waals surface area contributed by atoms with Crippen LogP contribution >= 0.6 is 0 Å². The number of anilines is 1. The van der Waals surface area contributed by atoms with E-state index in [2.05, 4.69) is 18.1 Å². The minimum atomic E-state index is -1.53. The molecule has 1 aromatic rings. The number of rotatable bonds is 4. The molecule has 0 amide bonds. The molecule has 23 heavy (non-hydrogen) atoms. The maximum absolute atomic E-state index is 12.3. The fraction of sp³-hybridized carbons (Fsp3) is 0.733. The van der Waals surface area contributed by atoms with Crippen LogP contribution in [0.2, 0.25) is 13.1 Å². The van der Waals surface area contributed by atoms with E-state index in [1.807, 2.05) is 20.8 Å². The molecular weight excluding hydrogens is 314 g/mol. The summed E-state index contributed by atoms with van der Waals surface area (Å²) in [6.07, 6.45) is 0.822. The van der Waals surface area contributed by atoms with Crippen LogP contribution in [0.5, 0.6) is 0 Å². The number of aliphatic hydroxyl groups is 1. The van der Waals surface area contributed by atoms with Gasteiger partial charge >= 0.3 is 5.69 Å². The monoisotopic (exact) mass is 341 g/mol. The Bertz CT molecular complexity index is 613. The predicted molar refractivity (Wildman–Crippen MR) is 91.0 cm³/mol. The molecule has 2 heterocycles. The van der Waals surface area contributed by atoms with Crippen molar-refractivity contribution in [2.24, 2.45) is 0 Å². The molecule has 8 heteroatoms. The highest BCUT2D eigenvalue weighted by Gasteiger charge is 2.50. The van der Waals surface area contributed by atoms with E-state index >= 15 is 0 Å². The Morgan fingerprint density at radius 1 is 1.57 bits per heavy atom. The lowest BCUT2D eigenvalue weighted by Gasteiger charge is -2.34. The Morgan fingerprint density at radius 3 is 2.74 bits per heavy atom. The summed E-state index contributed by atoms with van der Waals surface area (Å²) in [6.45, 7) is 10.3. The normalized spacial score (nSPS) is 28.5. The lowest BCUT2D eigenvalue weighted by molar-refractivity contribution is -0.114. The molecule has 0 bridgehead atoms. The maximum atomic E-state index is 12.3. The molecule has 0 aromatic carbocycles. The fourth-order valence-electron chi connectivity index (χ4n) is 2.81. The molecule has 130 valence electrons. The van der Waals surface area contributed by atoms with E-state index in [0.717, 1.165) is 0 Å². The summed E-state index contributed by atoms with van der Waals surface area (Å²) in [5.74, 6) is 0.179. The third-order valence-electron chi connectivity index (χ3n) is 4.10. The number of ether oxygens (including phenoxy) is 2. The van der Waals surface area contributed by atoms with Crippen molar-refractivity contribution in [3.8, 4) is 0 Å². The molecule has 1 aliphatic rings. The van der Waals surface area contributed by atoms with Gasteiger partial charge in [-0.1, -0.05) is 13.1 Å². The molecule has 1 aliphatic heterocycles. The number of hydrogen-bond donors (Lipinski definition) is 2. The number of nitrogen functional groups attached to an aromatic ring is 1. The molecule has 3 atom stereocenters. The standard InChI is InChI=1S/C15H27N3O4Si/c1-14(2,3)21-9-11-10(19)8-15(22-11,23(4)5)18-7-6-12(16)17-13(18)20/h6-7,10-11,19,23H,8-9H2,1-5H3,(H2,16,17,20)/t10-,11+,15-/m0/s1. The average molecular weight is 341 g/mol. The van der Waals surface area contributed by atoms with Crippen molar-refractivity contribution < 1.29 is 14.6 Å². The van der Waals surface area contributed by atoms with Crippen molar-refractivity contribution in [1.29, 1.82) is 0 Å². The SMILES string of the molecule is C[SiH](C)[C@]1(n2ccc(N)nc2=O)C[C@H](O)[C@@H](COC(C)(C)C)O1. The van der Waals surface area contributed by atoms with Crippen molar-refractivity contribution in [3.05, 3.63) is 22.7 Å². The highest BCUT2D eigenvalue weighted by atomic mass is 28.3. The van der Waals surface area contributed by atoms with E-state index in [4.69, 9.17) is 15.2 Å². The summed E-state index contributed by atoms with van der Waals surface area (Å²) in [7, 11) is -1.53. The van der Waals surface area contributed by atoms with Gasteiger partial charge < -0.3 is 20.3 Å². The van der Waals surface area contributed by atoms with Crippen molar-refractivity contribution >= 4 is 14.6 Å². The molecule has 7 nitrogen and oxygen atoms in total. The Labute approximate surface area is 138 Å². The Morgan fingerprint density at radius 2 is 2.22 bits per heavy atom. The van der Waals surface area contributed by atoms with Gasteiger partial charge in [0.05, 0.1) is 27.1 Å². The van der Waals surface area contributed by atoms with Crippen molar-refractivity contribution in [2.45, 2.75) is 63.4 Å². The maximum Gasteiger partial charge on any atom is 0.351 e. The van der Waals surface area contributed by atoms with Gasteiger partial charge in [-0.25, -0.2) is 4.79 Å². The molecule has 0 radical (unpaired) electrons. The topological polar surface area (TPSA) is 99.6 Å². The average Bonchev–Trinajstić information content (AvgIpc) is 2.74. The summed E-state index contributed by atoms with van der Waals surface area (Å²) >= 11 is 0. The van der Waals surface area contributed by atoms with Crippen LogP contribution in [-0.4, -0.2) is 47.9 Å². The third-order valence-corrected chi connectivity index (χ3v) is 6.56. The molecular formula is C15H27N3O4Si. The zero-order valence-electron chi connectivity index (χ0n) is 14.4. The van der Waals surface area contributed by atoms with Gasteiger partial charge in [-0.3, -0.25) is 4.57 Å². The molecule has 0 aliphatic carbocycles. The van der Waals surface area contributed by atoms with Crippen LogP contribution in [0.3, 0.4) is 0 Å². The van der Waals surface area contributed by atoms with Crippen molar-refractivity contribution in [2.75, 3.05) is 12.3 Å². The second-order valence-corrected chi connectivity index (χ2v) is 10.6. The molecule has 2 rings (SSSR count). The van der Waals surface area contributed by atoms with Crippen LogP contribution in [0.25, 0.3) is 0 Å². The van der Waals surface area contributed by atoms with Gasteiger partial charge in [0.15, 0.2) is 0 Å². The van der Waals surface area contributed by atoms with Crippen LogP contribution < -0.4 is 11.4 Å². The molecule has 0 unspecified atom stereocenters. The number of hydrogen-bond acceptors (Lipinski definition) is 6. The van der Waals surface area contributed by atoms with E-state index in [0.29, 0.717) is 6.42 Å². The van der Waals surface area contributed by atoms with Gasteiger partial charge in [0.25, 0.3) is 0 Å². The lowest BCUT2D eigenvalue weighted by Crippen LogP contribution is -2.51. The van der Waals surface area contributed by atoms with E-state index in [-0.39, 0.29) is 18.0 Å². The Kier molecular flexibility index (Phi) is 5.00. The fourth-order valence-corrected chi connectivity index (χ4v) is 4.72. The van der Waals surface area contributed by atoms with Gasteiger partial charge in [0, 0.05) is 12.6 Å². The Hall–Kier alpha value is -1.22. The van der Waals surface area contributed by atoms with E-state index in [9.17, 15) is 9.90 Å².